The molecule has 0 heterocycles. The molecule has 0 aromatic heterocycles. The Hall–Kier alpha value is -1.21. The molecule has 0 radical (unpaired) electrons. The van der Waals surface area contributed by atoms with Crippen LogP contribution in [0.3, 0.4) is 0 Å². The first-order chi connectivity index (χ1) is 8.28. The first kappa shape index (κ1) is 10.9. The highest BCUT2D eigenvalue weighted by Gasteiger charge is 2.30. The van der Waals surface area contributed by atoms with Gasteiger partial charge in [0.1, 0.15) is 5.75 Å². The zero-order valence-electron chi connectivity index (χ0n) is 9.82. The molecule has 2 heteroatoms. The van der Waals surface area contributed by atoms with Crippen LogP contribution in [-0.4, -0.2) is 7.11 Å². The maximum Gasteiger partial charge on any atom is 0.119 e. The minimum Gasteiger partial charge on any atom is -0.497 e. The van der Waals surface area contributed by atoms with Gasteiger partial charge in [-0.3, -0.25) is 0 Å². The van der Waals surface area contributed by atoms with Gasteiger partial charge in [-0.25, -0.2) is 0 Å². The summed E-state index contributed by atoms with van der Waals surface area (Å²) in [4.78, 5) is 0. The van der Waals surface area contributed by atoms with E-state index in [1.165, 1.54) is 29.2 Å². The maximum absolute atomic E-state index is 6.44. The van der Waals surface area contributed by atoms with E-state index in [-0.39, 0.29) is 5.38 Å². The fraction of sp³-hybridized carbons (Fsp3) is 0.333. The molecule has 88 valence electrons. The molecule has 1 unspecified atom stereocenters. The van der Waals surface area contributed by atoms with Crippen molar-refractivity contribution in [1.82, 2.24) is 0 Å². The van der Waals surface area contributed by atoms with Gasteiger partial charge in [-0.05, 0) is 53.3 Å². The Kier molecular flexibility index (Phi) is 2.71. The van der Waals surface area contributed by atoms with Crippen LogP contribution < -0.4 is 4.74 Å². The molecule has 0 saturated heterocycles. The molecule has 17 heavy (non-hydrogen) atoms. The van der Waals surface area contributed by atoms with E-state index >= 15 is 0 Å². The Balaban J connectivity index is 2.00. The lowest BCUT2D eigenvalue weighted by Gasteiger charge is -2.10. The van der Waals surface area contributed by atoms with Gasteiger partial charge < -0.3 is 4.74 Å². The van der Waals surface area contributed by atoms with Crippen LogP contribution in [0.4, 0.5) is 0 Å². The Morgan fingerprint density at radius 1 is 1.12 bits per heavy atom. The highest BCUT2D eigenvalue weighted by molar-refractivity contribution is 6.21. The Morgan fingerprint density at radius 3 is 2.53 bits per heavy atom. The van der Waals surface area contributed by atoms with Gasteiger partial charge in [0, 0.05) is 0 Å². The van der Waals surface area contributed by atoms with E-state index in [1.807, 2.05) is 6.07 Å². The number of methoxy groups -OCH3 is 1. The largest absolute Gasteiger partial charge is 0.497 e. The minimum atomic E-state index is 0.182. The van der Waals surface area contributed by atoms with Crippen LogP contribution in [0.1, 0.15) is 23.8 Å². The van der Waals surface area contributed by atoms with Crippen molar-refractivity contribution < 1.29 is 4.74 Å². The molecule has 2 aromatic carbocycles. The predicted molar refractivity (Wildman–Crippen MR) is 71.8 cm³/mol. The first-order valence-electron chi connectivity index (χ1n) is 6.00. The monoisotopic (exact) mass is 246 g/mol. The number of fused-ring (bicyclic) bond motifs is 1. The highest BCUT2D eigenvalue weighted by atomic mass is 35.5. The molecule has 1 aliphatic rings. The van der Waals surface area contributed by atoms with Gasteiger partial charge in [-0.15, -0.1) is 11.6 Å². The Labute approximate surface area is 106 Å². The average molecular weight is 247 g/mol. The molecule has 1 saturated carbocycles. The lowest BCUT2D eigenvalue weighted by Crippen LogP contribution is -1.92. The summed E-state index contributed by atoms with van der Waals surface area (Å²) < 4.78 is 5.22. The zero-order valence-corrected chi connectivity index (χ0v) is 10.6. The predicted octanol–water partition coefficient (Wildman–Crippen LogP) is 4.54. The minimum absolute atomic E-state index is 0.182. The molecule has 1 aliphatic carbocycles. The van der Waals surface area contributed by atoms with Gasteiger partial charge in [-0.2, -0.15) is 0 Å². The van der Waals surface area contributed by atoms with Crippen LogP contribution in [0.5, 0.6) is 5.75 Å². The number of ether oxygens (including phenoxy) is 1. The Bertz CT molecular complexity index is 546. The van der Waals surface area contributed by atoms with Crippen LogP contribution in [0.15, 0.2) is 36.4 Å². The molecular weight excluding hydrogens is 232 g/mol. The number of alkyl halides is 1. The Morgan fingerprint density at radius 2 is 1.82 bits per heavy atom. The van der Waals surface area contributed by atoms with Crippen LogP contribution in [0.25, 0.3) is 10.8 Å². The second-order valence-electron chi connectivity index (χ2n) is 4.71. The van der Waals surface area contributed by atoms with Crippen molar-refractivity contribution in [3.63, 3.8) is 0 Å². The van der Waals surface area contributed by atoms with Crippen molar-refractivity contribution in [3.8, 4) is 5.75 Å². The lowest BCUT2D eigenvalue weighted by atomic mass is 10.0. The molecule has 0 amide bonds. The third kappa shape index (κ3) is 2.12. The number of hydrogen-bond donors (Lipinski definition) is 0. The SMILES string of the molecule is COc1ccc2cc(C(Cl)C3CC3)ccc2c1. The van der Waals surface area contributed by atoms with E-state index < -0.39 is 0 Å². The second-order valence-corrected chi connectivity index (χ2v) is 5.18. The molecule has 0 spiro atoms. The molecule has 1 fully saturated rings. The van der Waals surface area contributed by atoms with E-state index in [4.69, 9.17) is 16.3 Å². The number of benzene rings is 2. The number of halogens is 1. The van der Waals surface area contributed by atoms with E-state index in [9.17, 15) is 0 Å². The number of hydrogen-bond acceptors (Lipinski definition) is 1. The summed E-state index contributed by atoms with van der Waals surface area (Å²) in [5, 5.41) is 2.61. The van der Waals surface area contributed by atoms with Crippen molar-refractivity contribution in [1.29, 1.82) is 0 Å². The van der Waals surface area contributed by atoms with E-state index in [2.05, 4.69) is 30.3 Å². The molecular formula is C15H15ClO. The van der Waals surface area contributed by atoms with E-state index in [0.717, 1.165) is 5.75 Å². The highest BCUT2D eigenvalue weighted by Crippen LogP contribution is 2.45. The van der Waals surface area contributed by atoms with Crippen molar-refractivity contribution in [3.05, 3.63) is 42.0 Å². The quantitative estimate of drug-likeness (QED) is 0.723. The van der Waals surface area contributed by atoms with Crippen LogP contribution in [-0.2, 0) is 0 Å². The van der Waals surface area contributed by atoms with Crippen molar-refractivity contribution >= 4 is 22.4 Å². The molecule has 1 atom stereocenters. The van der Waals surface area contributed by atoms with Crippen molar-refractivity contribution in [2.75, 3.05) is 7.11 Å². The van der Waals surface area contributed by atoms with Gasteiger partial charge in [0.25, 0.3) is 0 Å². The summed E-state index contributed by atoms with van der Waals surface area (Å²) in [6.07, 6.45) is 2.55. The summed E-state index contributed by atoms with van der Waals surface area (Å²) in [6, 6.07) is 12.6. The van der Waals surface area contributed by atoms with Crippen molar-refractivity contribution in [2.45, 2.75) is 18.2 Å². The fourth-order valence-corrected chi connectivity index (χ4v) is 2.59. The summed E-state index contributed by atoms with van der Waals surface area (Å²) in [5.41, 5.74) is 1.24. The van der Waals surface area contributed by atoms with Crippen LogP contribution >= 0.6 is 11.6 Å². The topological polar surface area (TPSA) is 9.23 Å². The molecule has 0 aliphatic heterocycles. The van der Waals surface area contributed by atoms with Gasteiger partial charge in [-0.1, -0.05) is 18.2 Å². The summed E-state index contributed by atoms with van der Waals surface area (Å²) in [5.74, 6) is 1.59. The summed E-state index contributed by atoms with van der Waals surface area (Å²) in [7, 11) is 1.69. The summed E-state index contributed by atoms with van der Waals surface area (Å²) >= 11 is 6.44. The lowest BCUT2D eigenvalue weighted by molar-refractivity contribution is 0.415. The molecule has 0 N–H and O–H groups in total. The smallest absolute Gasteiger partial charge is 0.119 e. The fourth-order valence-electron chi connectivity index (χ4n) is 2.20. The first-order valence-corrected chi connectivity index (χ1v) is 6.43. The van der Waals surface area contributed by atoms with E-state index in [1.54, 1.807) is 7.11 Å². The molecule has 0 bridgehead atoms. The third-order valence-electron chi connectivity index (χ3n) is 3.43. The van der Waals surface area contributed by atoms with Crippen LogP contribution in [0, 0.1) is 5.92 Å². The van der Waals surface area contributed by atoms with Gasteiger partial charge in [0.2, 0.25) is 0 Å². The maximum atomic E-state index is 6.44. The van der Waals surface area contributed by atoms with E-state index in [0.29, 0.717) is 5.92 Å². The molecule has 3 rings (SSSR count). The normalized spacial score (nSPS) is 17.1. The molecule has 1 nitrogen and oxygen atoms in total. The standard InChI is InChI=1S/C15H15ClO/c1-17-14-7-6-11-8-13(5-4-12(11)9-14)15(16)10-2-3-10/h4-10,15H,2-3H2,1H3. The molecule has 2 aromatic rings. The third-order valence-corrected chi connectivity index (χ3v) is 4.03. The van der Waals surface area contributed by atoms with Crippen LogP contribution in [0.2, 0.25) is 0 Å². The second kappa shape index (κ2) is 4.23. The van der Waals surface area contributed by atoms with Gasteiger partial charge >= 0.3 is 0 Å². The van der Waals surface area contributed by atoms with Gasteiger partial charge in [0.05, 0.1) is 12.5 Å². The van der Waals surface area contributed by atoms with Gasteiger partial charge in [0.15, 0.2) is 0 Å². The summed E-state index contributed by atoms with van der Waals surface area (Å²) in [6.45, 7) is 0. The van der Waals surface area contributed by atoms with Crippen molar-refractivity contribution in [2.24, 2.45) is 5.92 Å². The number of rotatable bonds is 3. The zero-order chi connectivity index (χ0) is 11.8. The average Bonchev–Trinajstić information content (AvgIpc) is 3.21.